The van der Waals surface area contributed by atoms with Gasteiger partial charge in [-0.05, 0) is 19.1 Å². The van der Waals surface area contributed by atoms with Crippen molar-refractivity contribution in [3.63, 3.8) is 0 Å². The van der Waals surface area contributed by atoms with Crippen molar-refractivity contribution in [3.05, 3.63) is 0 Å². The summed E-state index contributed by atoms with van der Waals surface area (Å²) >= 11 is 13.8. The first-order valence-corrected chi connectivity index (χ1v) is 3.46. The van der Waals surface area contributed by atoms with E-state index < -0.39 is 0 Å². The van der Waals surface area contributed by atoms with E-state index in [-0.39, 0.29) is 5.34 Å². The summed E-state index contributed by atoms with van der Waals surface area (Å²) < 4.78 is 0. The van der Waals surface area contributed by atoms with E-state index in [1.54, 1.807) is 0 Å². The largest absolute Gasteiger partial charge is 0.233 e. The first-order chi connectivity index (χ1) is 3.83. The molecule has 0 aromatic rings. The molecule has 0 N–H and O–H groups in total. The van der Waals surface area contributed by atoms with Crippen LogP contribution in [0.1, 0.15) is 6.92 Å². The SMILES string of the molecule is CCN=C=S.ClCCl. The molecule has 0 amide bonds. The normalized spacial score (nSPS) is 5.88. The van der Waals surface area contributed by atoms with E-state index >= 15 is 0 Å². The molecule has 1 nitrogen and oxygen atoms in total. The monoisotopic (exact) mass is 171 g/mol. The minimum Gasteiger partial charge on any atom is -0.233 e. The number of hydrogen-bond acceptors (Lipinski definition) is 2. The molecule has 48 valence electrons. The van der Waals surface area contributed by atoms with E-state index in [2.05, 4.69) is 22.4 Å². The number of aliphatic imine (C=N–C) groups is 1. The molecule has 0 bridgehead atoms. The van der Waals surface area contributed by atoms with Crippen molar-refractivity contribution in [1.82, 2.24) is 0 Å². The Morgan fingerprint density at radius 2 is 2.00 bits per heavy atom. The molecule has 0 unspecified atom stereocenters. The van der Waals surface area contributed by atoms with Crippen LogP contribution < -0.4 is 0 Å². The van der Waals surface area contributed by atoms with Crippen molar-refractivity contribution in [3.8, 4) is 0 Å². The molecule has 0 aliphatic rings. The minimum atomic E-state index is 0.194. The second-order valence-corrected chi connectivity index (χ2v) is 1.66. The maximum Gasteiger partial charge on any atom is 0.0967 e. The van der Waals surface area contributed by atoms with Gasteiger partial charge in [0.2, 0.25) is 0 Å². The van der Waals surface area contributed by atoms with E-state index in [0.29, 0.717) is 0 Å². The standard InChI is InChI=1S/C3H5NS.CH2Cl2/c1-2-4-3-5;2-1-3/h2H2,1H3;1H2. The molecule has 0 spiro atoms. The van der Waals surface area contributed by atoms with Crippen molar-refractivity contribution < 1.29 is 0 Å². The van der Waals surface area contributed by atoms with Gasteiger partial charge in [0.05, 0.1) is 10.5 Å². The Bertz CT molecular complexity index is 70.4. The highest BCUT2D eigenvalue weighted by Gasteiger charge is 1.49. The smallest absolute Gasteiger partial charge is 0.0967 e. The van der Waals surface area contributed by atoms with Crippen LogP contribution in [0.4, 0.5) is 0 Å². The first kappa shape index (κ1) is 11.2. The van der Waals surface area contributed by atoms with E-state index in [9.17, 15) is 0 Å². The van der Waals surface area contributed by atoms with E-state index in [1.807, 2.05) is 6.92 Å². The second kappa shape index (κ2) is 15.7. The summed E-state index contributed by atoms with van der Waals surface area (Å²) in [6.45, 7) is 2.67. The lowest BCUT2D eigenvalue weighted by Crippen LogP contribution is -1.57. The zero-order chi connectivity index (χ0) is 6.83. The van der Waals surface area contributed by atoms with Gasteiger partial charge in [-0.1, -0.05) is 0 Å². The van der Waals surface area contributed by atoms with Crippen molar-refractivity contribution in [2.75, 3.05) is 11.9 Å². The lowest BCUT2D eigenvalue weighted by molar-refractivity contribution is 1.15. The fraction of sp³-hybridized carbons (Fsp3) is 0.750. The van der Waals surface area contributed by atoms with E-state index in [1.165, 1.54) is 0 Å². The Balaban J connectivity index is 0. The number of alkyl halides is 2. The molecule has 0 rings (SSSR count). The van der Waals surface area contributed by atoms with Crippen LogP contribution in [0.15, 0.2) is 4.99 Å². The van der Waals surface area contributed by atoms with Crippen molar-refractivity contribution in [2.24, 2.45) is 4.99 Å². The van der Waals surface area contributed by atoms with Crippen LogP contribution in [0.25, 0.3) is 0 Å². The van der Waals surface area contributed by atoms with Gasteiger partial charge in [-0.15, -0.1) is 23.2 Å². The Kier molecular flexibility index (Phi) is 21.9. The van der Waals surface area contributed by atoms with Gasteiger partial charge in [0.15, 0.2) is 0 Å². The van der Waals surface area contributed by atoms with Crippen molar-refractivity contribution in [2.45, 2.75) is 6.92 Å². The number of halogens is 2. The maximum absolute atomic E-state index is 4.76. The van der Waals surface area contributed by atoms with Gasteiger partial charge in [-0.25, -0.2) is 4.99 Å². The topological polar surface area (TPSA) is 12.4 Å². The quantitative estimate of drug-likeness (QED) is 0.336. The van der Waals surface area contributed by atoms with Gasteiger partial charge in [0.25, 0.3) is 0 Å². The van der Waals surface area contributed by atoms with Crippen LogP contribution in [-0.4, -0.2) is 17.0 Å². The number of hydrogen-bond donors (Lipinski definition) is 0. The zero-order valence-electron chi connectivity index (χ0n) is 4.53. The number of nitrogens with zero attached hydrogens (tertiary/aromatic N) is 1. The second-order valence-electron chi connectivity index (χ2n) is 0.667. The molecule has 0 saturated heterocycles. The predicted molar refractivity (Wildman–Crippen MR) is 42.1 cm³/mol. The Morgan fingerprint density at radius 1 is 1.62 bits per heavy atom. The molecule has 8 heavy (non-hydrogen) atoms. The predicted octanol–water partition coefficient (Wildman–Crippen LogP) is 2.53. The maximum atomic E-state index is 4.76. The number of rotatable bonds is 1. The van der Waals surface area contributed by atoms with Crippen LogP contribution in [0.2, 0.25) is 0 Å². The van der Waals surface area contributed by atoms with Crippen LogP contribution in [-0.2, 0) is 0 Å². The van der Waals surface area contributed by atoms with E-state index in [0.717, 1.165) is 6.54 Å². The highest BCUT2D eigenvalue weighted by molar-refractivity contribution is 7.78. The Labute approximate surface area is 64.7 Å². The average molecular weight is 172 g/mol. The number of thiocarbonyl (C=S) groups is 1. The van der Waals surface area contributed by atoms with Crippen LogP contribution in [0.3, 0.4) is 0 Å². The van der Waals surface area contributed by atoms with Gasteiger partial charge in [-0.2, -0.15) is 0 Å². The van der Waals surface area contributed by atoms with Crippen LogP contribution in [0, 0.1) is 0 Å². The lowest BCUT2D eigenvalue weighted by atomic mass is 10.8. The van der Waals surface area contributed by atoms with Crippen molar-refractivity contribution >= 4 is 40.6 Å². The first-order valence-electron chi connectivity index (χ1n) is 1.99. The summed E-state index contributed by atoms with van der Waals surface area (Å²) in [5.74, 6) is 0. The molecular weight excluding hydrogens is 165 g/mol. The molecule has 0 radical (unpaired) electrons. The van der Waals surface area contributed by atoms with Gasteiger partial charge in [0, 0.05) is 6.54 Å². The molecule has 0 saturated carbocycles. The third kappa shape index (κ3) is 32.6. The molecule has 0 atom stereocenters. The summed E-state index contributed by atoms with van der Waals surface area (Å²) in [6, 6.07) is 0. The summed E-state index contributed by atoms with van der Waals surface area (Å²) in [7, 11) is 0. The summed E-state index contributed by atoms with van der Waals surface area (Å²) in [4.78, 5) is 3.54. The van der Waals surface area contributed by atoms with Crippen LogP contribution in [0.5, 0.6) is 0 Å². The fourth-order valence-corrected chi connectivity index (χ4v) is 0.194. The average Bonchev–Trinajstić information content (AvgIpc) is 1.71. The fourth-order valence-electron chi connectivity index (χ4n) is 0.0645. The molecule has 4 heteroatoms. The molecule has 0 aromatic carbocycles. The number of isothiocyanates is 1. The van der Waals surface area contributed by atoms with Gasteiger partial charge < -0.3 is 0 Å². The molecule has 0 aliphatic carbocycles. The zero-order valence-corrected chi connectivity index (χ0v) is 6.85. The molecular formula is C4H7Cl2NS. The molecule has 0 aromatic heterocycles. The lowest BCUT2D eigenvalue weighted by Gasteiger charge is -1.60. The summed E-state index contributed by atoms with van der Waals surface area (Å²) in [5, 5.41) is 2.42. The Morgan fingerprint density at radius 3 is 2.00 bits per heavy atom. The molecule has 0 heterocycles. The van der Waals surface area contributed by atoms with E-state index in [4.69, 9.17) is 23.2 Å². The third-order valence-electron chi connectivity index (χ3n) is 0.223. The highest BCUT2D eigenvalue weighted by atomic mass is 35.5. The minimum absolute atomic E-state index is 0.194. The van der Waals surface area contributed by atoms with Crippen molar-refractivity contribution in [1.29, 1.82) is 0 Å². The van der Waals surface area contributed by atoms with Gasteiger partial charge >= 0.3 is 0 Å². The highest BCUT2D eigenvalue weighted by Crippen LogP contribution is 1.73. The summed E-state index contributed by atoms with van der Waals surface area (Å²) in [5.41, 5.74) is 0. The third-order valence-corrected chi connectivity index (χ3v) is 0.352. The van der Waals surface area contributed by atoms with Gasteiger partial charge in [-0.3, -0.25) is 0 Å². The van der Waals surface area contributed by atoms with Gasteiger partial charge in [0.1, 0.15) is 0 Å². The summed E-state index contributed by atoms with van der Waals surface area (Å²) in [6.07, 6.45) is 0. The molecule has 0 fully saturated rings. The van der Waals surface area contributed by atoms with Crippen LogP contribution >= 0.6 is 35.4 Å². The Hall–Kier alpha value is 0.380. The molecule has 0 aliphatic heterocycles.